The zero-order valence-electron chi connectivity index (χ0n) is 20.4. The fourth-order valence-corrected chi connectivity index (χ4v) is 2.91. The first-order valence-corrected chi connectivity index (χ1v) is 10.6. The topological polar surface area (TPSA) is 120 Å². The van der Waals surface area contributed by atoms with Crippen molar-refractivity contribution in [1.82, 2.24) is 20.2 Å². The van der Waals surface area contributed by atoms with E-state index in [1.807, 2.05) is 46.8 Å². The summed E-state index contributed by atoms with van der Waals surface area (Å²) in [5.41, 5.74) is 1.80. The van der Waals surface area contributed by atoms with Crippen molar-refractivity contribution in [2.75, 3.05) is 17.2 Å². The molecule has 2 N–H and O–H groups in total. The van der Waals surface area contributed by atoms with Crippen LogP contribution in [0.15, 0.2) is 12.1 Å². The molecule has 0 saturated heterocycles. The van der Waals surface area contributed by atoms with Crippen molar-refractivity contribution in [2.45, 2.75) is 79.5 Å². The molecule has 0 aliphatic heterocycles. The molecule has 0 radical (unpaired) electrons. The van der Waals surface area contributed by atoms with Crippen LogP contribution >= 0.6 is 0 Å². The quantitative estimate of drug-likeness (QED) is 0.636. The van der Waals surface area contributed by atoms with Crippen molar-refractivity contribution < 1.29 is 19.1 Å². The molecule has 0 bridgehead atoms. The number of carbonyl (C=O) groups excluding carboxylic acids is 2. The molecule has 2 rings (SSSR count). The molecule has 2 aromatic rings. The van der Waals surface area contributed by atoms with Gasteiger partial charge in [-0.3, -0.25) is 5.32 Å². The van der Waals surface area contributed by atoms with Gasteiger partial charge in [0, 0.05) is 0 Å². The van der Waals surface area contributed by atoms with Gasteiger partial charge in [0.05, 0.1) is 23.5 Å². The van der Waals surface area contributed by atoms with Gasteiger partial charge in [-0.15, -0.1) is 5.10 Å². The van der Waals surface area contributed by atoms with Crippen molar-refractivity contribution in [3.8, 4) is 0 Å². The molecule has 1 aromatic carbocycles. The van der Waals surface area contributed by atoms with Gasteiger partial charge in [0.15, 0.2) is 11.9 Å². The highest BCUT2D eigenvalue weighted by atomic mass is 16.6. The Morgan fingerprint density at radius 3 is 2.19 bits per heavy atom. The van der Waals surface area contributed by atoms with Crippen LogP contribution in [0.3, 0.4) is 0 Å². The molecule has 32 heavy (non-hydrogen) atoms. The number of rotatable bonds is 6. The van der Waals surface area contributed by atoms with E-state index in [0.717, 1.165) is 11.1 Å². The highest BCUT2D eigenvalue weighted by Crippen LogP contribution is 2.31. The Labute approximate surface area is 189 Å². The van der Waals surface area contributed by atoms with Crippen LogP contribution in [0.4, 0.5) is 16.2 Å². The van der Waals surface area contributed by atoms with E-state index < -0.39 is 29.2 Å². The molecule has 1 heterocycles. The largest absolute Gasteiger partial charge is 0.464 e. The van der Waals surface area contributed by atoms with E-state index in [4.69, 9.17) is 9.47 Å². The number of nitrogens with zero attached hydrogens (tertiary/aromatic N) is 4. The predicted octanol–water partition coefficient (Wildman–Crippen LogP) is 4.11. The van der Waals surface area contributed by atoms with Crippen molar-refractivity contribution in [3.63, 3.8) is 0 Å². The summed E-state index contributed by atoms with van der Waals surface area (Å²) in [6.07, 6.45) is -0.601. The van der Waals surface area contributed by atoms with Gasteiger partial charge in [-0.2, -0.15) is 0 Å². The van der Waals surface area contributed by atoms with Gasteiger partial charge in [0.25, 0.3) is 0 Å². The molecule has 10 heteroatoms. The SMILES string of the molecule is CCOC(=O)C(Nc1cc(C)c(C)cc1NC(=O)OC(C)(C)C)c1nnnn1C(C)(C)C. The molecule has 1 amide bonds. The smallest absolute Gasteiger partial charge is 0.412 e. The van der Waals surface area contributed by atoms with Crippen LogP contribution in [-0.4, -0.2) is 44.5 Å². The molecule has 0 fully saturated rings. The maximum Gasteiger partial charge on any atom is 0.412 e. The van der Waals surface area contributed by atoms with Crippen LogP contribution in [0, 0.1) is 13.8 Å². The summed E-state index contributed by atoms with van der Waals surface area (Å²) in [4.78, 5) is 25.3. The molecule has 1 unspecified atom stereocenters. The normalized spacial score (nSPS) is 12.8. The average Bonchev–Trinajstić information content (AvgIpc) is 3.11. The van der Waals surface area contributed by atoms with Crippen LogP contribution < -0.4 is 10.6 Å². The number of amides is 1. The van der Waals surface area contributed by atoms with E-state index >= 15 is 0 Å². The third-order valence-corrected chi connectivity index (χ3v) is 4.48. The van der Waals surface area contributed by atoms with Crippen molar-refractivity contribution in [1.29, 1.82) is 0 Å². The molecule has 0 spiro atoms. The van der Waals surface area contributed by atoms with Crippen molar-refractivity contribution in [3.05, 3.63) is 29.1 Å². The highest BCUT2D eigenvalue weighted by molar-refractivity contribution is 5.91. The predicted molar refractivity (Wildman–Crippen MR) is 122 cm³/mol. The summed E-state index contributed by atoms with van der Waals surface area (Å²) in [5.74, 6) is -0.230. The fraction of sp³-hybridized carbons (Fsp3) is 0.591. The minimum absolute atomic E-state index is 0.198. The second-order valence-corrected chi connectivity index (χ2v) is 9.56. The van der Waals surface area contributed by atoms with Crippen LogP contribution in [0.5, 0.6) is 0 Å². The second kappa shape index (κ2) is 9.54. The molecule has 0 aliphatic carbocycles. The van der Waals surface area contributed by atoms with Gasteiger partial charge in [-0.25, -0.2) is 14.3 Å². The highest BCUT2D eigenvalue weighted by Gasteiger charge is 2.32. The third-order valence-electron chi connectivity index (χ3n) is 4.48. The lowest BCUT2D eigenvalue weighted by molar-refractivity contribution is -0.144. The van der Waals surface area contributed by atoms with Crippen LogP contribution in [-0.2, 0) is 19.8 Å². The number of hydrogen-bond acceptors (Lipinski definition) is 8. The van der Waals surface area contributed by atoms with Crippen molar-refractivity contribution >= 4 is 23.4 Å². The lowest BCUT2D eigenvalue weighted by Crippen LogP contribution is -2.33. The second-order valence-electron chi connectivity index (χ2n) is 9.56. The van der Waals surface area contributed by atoms with Crippen molar-refractivity contribution in [2.24, 2.45) is 0 Å². The number of benzene rings is 1. The van der Waals surface area contributed by atoms with Crippen LogP contribution in [0.2, 0.25) is 0 Å². The summed E-state index contributed by atoms with van der Waals surface area (Å²) in [6, 6.07) is 2.67. The maximum absolute atomic E-state index is 12.9. The molecule has 176 valence electrons. The number of carbonyl (C=O) groups is 2. The zero-order valence-corrected chi connectivity index (χ0v) is 20.4. The minimum atomic E-state index is -0.995. The number of anilines is 2. The molecule has 10 nitrogen and oxygen atoms in total. The Balaban J connectivity index is 2.49. The van der Waals surface area contributed by atoms with E-state index in [1.54, 1.807) is 32.4 Å². The molecular formula is C22H34N6O4. The number of tetrazole rings is 1. The molecule has 0 aliphatic rings. The van der Waals surface area contributed by atoms with E-state index in [9.17, 15) is 9.59 Å². The van der Waals surface area contributed by atoms with Gasteiger partial charge in [0.2, 0.25) is 0 Å². The summed E-state index contributed by atoms with van der Waals surface area (Å²) >= 11 is 0. The fourth-order valence-electron chi connectivity index (χ4n) is 2.91. The Morgan fingerprint density at radius 1 is 1.06 bits per heavy atom. The first-order chi connectivity index (χ1) is 14.7. The lowest BCUT2D eigenvalue weighted by atomic mass is 10.1. The summed E-state index contributed by atoms with van der Waals surface area (Å²) in [5, 5.41) is 17.8. The number of aromatic nitrogens is 4. The molecule has 1 atom stereocenters. The van der Waals surface area contributed by atoms with E-state index in [2.05, 4.69) is 26.2 Å². The molecule has 1 aromatic heterocycles. The summed E-state index contributed by atoms with van der Waals surface area (Å²) in [7, 11) is 0. The van der Waals surface area contributed by atoms with Gasteiger partial charge < -0.3 is 14.8 Å². The Kier molecular flexibility index (Phi) is 7.48. The van der Waals surface area contributed by atoms with Crippen LogP contribution in [0.1, 0.15) is 71.5 Å². The lowest BCUT2D eigenvalue weighted by Gasteiger charge is -2.25. The van der Waals surface area contributed by atoms with E-state index in [1.165, 1.54) is 0 Å². The average molecular weight is 447 g/mol. The van der Waals surface area contributed by atoms with Crippen LogP contribution in [0.25, 0.3) is 0 Å². The first kappa shape index (κ1) is 25.1. The number of hydrogen-bond donors (Lipinski definition) is 2. The summed E-state index contributed by atoms with van der Waals surface area (Å²) < 4.78 is 12.2. The summed E-state index contributed by atoms with van der Waals surface area (Å²) in [6.45, 7) is 17.0. The number of nitrogens with one attached hydrogen (secondary N) is 2. The monoisotopic (exact) mass is 446 g/mol. The van der Waals surface area contributed by atoms with Gasteiger partial charge in [0.1, 0.15) is 5.60 Å². The molecule has 0 saturated carbocycles. The third kappa shape index (κ3) is 6.41. The zero-order chi connectivity index (χ0) is 24.3. The van der Waals surface area contributed by atoms with Gasteiger partial charge in [-0.1, -0.05) is 0 Å². The number of ether oxygens (including phenoxy) is 2. The van der Waals surface area contributed by atoms with E-state index in [-0.39, 0.29) is 6.61 Å². The Morgan fingerprint density at radius 2 is 1.66 bits per heavy atom. The van der Waals surface area contributed by atoms with E-state index in [0.29, 0.717) is 17.2 Å². The standard InChI is InChI=1S/C22H34N6O4/c1-10-31-19(29)17(18-25-26-27-28(18)21(4,5)6)23-15-11-13(2)14(3)12-16(15)24-20(30)32-22(7,8)9/h11-12,17,23H,10H2,1-9H3,(H,24,30). The minimum Gasteiger partial charge on any atom is -0.464 e. The number of esters is 1. The Bertz CT molecular complexity index is 972. The molecular weight excluding hydrogens is 412 g/mol. The number of aryl methyl sites for hydroxylation is 2. The first-order valence-electron chi connectivity index (χ1n) is 10.6. The Hall–Kier alpha value is -3.17. The van der Waals surface area contributed by atoms with Gasteiger partial charge >= 0.3 is 12.1 Å². The maximum atomic E-state index is 12.9. The van der Waals surface area contributed by atoms with Gasteiger partial charge in [-0.05, 0) is 96.0 Å².